The van der Waals surface area contributed by atoms with Crippen LogP contribution in [0.2, 0.25) is 5.02 Å². The van der Waals surface area contributed by atoms with Gasteiger partial charge in [-0.25, -0.2) is 0 Å². The molecule has 0 aliphatic carbocycles. The Bertz CT molecular complexity index is 916. The number of nitrogens with zero attached hydrogens (tertiary/aromatic N) is 1. The minimum absolute atomic E-state index is 0.0400. The predicted octanol–water partition coefficient (Wildman–Crippen LogP) is 4.81. The van der Waals surface area contributed by atoms with Crippen LogP contribution in [0, 0.1) is 6.92 Å². The molecule has 0 saturated carbocycles. The van der Waals surface area contributed by atoms with Crippen molar-refractivity contribution in [2.75, 3.05) is 0 Å². The number of hydrogen-bond acceptors (Lipinski definition) is 3. The first-order valence-corrected chi connectivity index (χ1v) is 8.81. The lowest BCUT2D eigenvalue weighted by atomic mass is 10.1. The van der Waals surface area contributed by atoms with E-state index < -0.39 is 5.97 Å². The summed E-state index contributed by atoms with van der Waals surface area (Å²) in [6, 6.07) is 7.24. The lowest BCUT2D eigenvalue weighted by Gasteiger charge is -2.07. The summed E-state index contributed by atoms with van der Waals surface area (Å²) in [4.78, 5) is 12.3. The molecule has 23 heavy (non-hydrogen) atoms. The van der Waals surface area contributed by atoms with Gasteiger partial charge in [-0.15, -0.1) is 11.3 Å². The van der Waals surface area contributed by atoms with Gasteiger partial charge in [-0.1, -0.05) is 11.6 Å². The summed E-state index contributed by atoms with van der Waals surface area (Å²) in [5.74, 6) is -0.942. The largest absolute Gasteiger partial charge is 0.506 e. The molecule has 0 unspecified atom stereocenters. The number of aromatic nitrogens is 1. The first-order valence-electron chi connectivity index (χ1n) is 6.83. The van der Waals surface area contributed by atoms with E-state index in [9.17, 15) is 15.0 Å². The molecule has 3 aromatic rings. The van der Waals surface area contributed by atoms with Crippen molar-refractivity contribution in [3.05, 3.63) is 49.2 Å². The highest BCUT2D eigenvalue weighted by molar-refractivity contribution is 9.11. The quantitative estimate of drug-likeness (QED) is 0.644. The molecular weight excluding hydrogens is 402 g/mol. The molecule has 4 nitrogen and oxygen atoms in total. The van der Waals surface area contributed by atoms with Crippen molar-refractivity contribution >= 4 is 55.7 Å². The molecular formula is C16H13BrClNO3S. The first-order chi connectivity index (χ1) is 10.9. The Morgan fingerprint density at radius 3 is 2.74 bits per heavy atom. The average Bonchev–Trinajstić information content (AvgIpc) is 2.98. The van der Waals surface area contributed by atoms with Crippen LogP contribution in [0.15, 0.2) is 28.1 Å². The van der Waals surface area contributed by atoms with E-state index in [1.807, 2.05) is 23.6 Å². The van der Waals surface area contributed by atoms with Crippen LogP contribution >= 0.6 is 38.9 Å². The van der Waals surface area contributed by atoms with Crippen LogP contribution in [0.3, 0.4) is 0 Å². The van der Waals surface area contributed by atoms with Gasteiger partial charge in [-0.3, -0.25) is 4.79 Å². The summed E-state index contributed by atoms with van der Waals surface area (Å²) in [6.07, 6.45) is -0.0927. The van der Waals surface area contributed by atoms with Gasteiger partial charge in [0, 0.05) is 16.0 Å². The van der Waals surface area contributed by atoms with Crippen molar-refractivity contribution in [1.29, 1.82) is 0 Å². The van der Waals surface area contributed by atoms with Crippen LogP contribution in [0.5, 0.6) is 5.75 Å². The Morgan fingerprint density at radius 2 is 2.13 bits per heavy atom. The Labute approximate surface area is 150 Å². The minimum Gasteiger partial charge on any atom is -0.506 e. The molecule has 0 fully saturated rings. The van der Waals surface area contributed by atoms with Crippen molar-refractivity contribution in [3.8, 4) is 5.75 Å². The molecule has 0 atom stereocenters. The van der Waals surface area contributed by atoms with Gasteiger partial charge in [0.15, 0.2) is 0 Å². The zero-order valence-electron chi connectivity index (χ0n) is 12.1. The maximum atomic E-state index is 11.2. The fraction of sp³-hybridized carbons (Fsp3) is 0.188. The zero-order chi connectivity index (χ0) is 16.7. The van der Waals surface area contributed by atoms with E-state index in [2.05, 4.69) is 15.9 Å². The molecule has 120 valence electrons. The third-order valence-corrected chi connectivity index (χ3v) is 5.70. The highest BCUT2D eigenvalue weighted by atomic mass is 79.9. The molecule has 0 saturated heterocycles. The maximum absolute atomic E-state index is 11.2. The van der Waals surface area contributed by atoms with Gasteiger partial charge in [0.25, 0.3) is 0 Å². The van der Waals surface area contributed by atoms with Crippen LogP contribution < -0.4 is 0 Å². The summed E-state index contributed by atoms with van der Waals surface area (Å²) in [7, 11) is 0. The number of benzene rings is 1. The van der Waals surface area contributed by atoms with Gasteiger partial charge in [0.2, 0.25) is 0 Å². The Balaban J connectivity index is 2.21. The number of carbonyl (C=O) groups is 1. The molecule has 0 radical (unpaired) electrons. The number of aliphatic carboxylic acids is 1. The summed E-state index contributed by atoms with van der Waals surface area (Å²) < 4.78 is 3.08. The number of carboxylic acid groups (broad SMARTS) is 1. The number of phenols is 1. The lowest BCUT2D eigenvalue weighted by molar-refractivity contribution is -0.136. The second kappa shape index (κ2) is 6.19. The van der Waals surface area contributed by atoms with Crippen LogP contribution in [0.25, 0.3) is 10.9 Å². The van der Waals surface area contributed by atoms with E-state index in [0.717, 1.165) is 25.3 Å². The minimum atomic E-state index is -0.902. The summed E-state index contributed by atoms with van der Waals surface area (Å²) in [5, 5.41) is 20.0. The molecule has 0 spiro atoms. The smallest absolute Gasteiger partial charge is 0.307 e. The second-order valence-electron chi connectivity index (χ2n) is 5.25. The Hall–Kier alpha value is -1.50. The van der Waals surface area contributed by atoms with Crippen LogP contribution in [0.1, 0.15) is 16.1 Å². The number of rotatable bonds is 4. The van der Waals surface area contributed by atoms with Gasteiger partial charge in [0.05, 0.1) is 27.3 Å². The van der Waals surface area contributed by atoms with Gasteiger partial charge < -0.3 is 14.8 Å². The third-order valence-electron chi connectivity index (χ3n) is 3.79. The molecule has 1 aromatic carbocycles. The molecule has 3 rings (SSSR count). The SMILES string of the molecule is Cc1c(CC(=O)O)c2cc(O)c(Cl)cc2n1Cc1ccc(Br)s1. The van der Waals surface area contributed by atoms with Crippen molar-refractivity contribution in [2.45, 2.75) is 19.9 Å². The highest BCUT2D eigenvalue weighted by Gasteiger charge is 2.18. The average molecular weight is 415 g/mol. The summed E-state index contributed by atoms with van der Waals surface area (Å²) in [6.45, 7) is 2.52. The number of carboxylic acids is 1. The fourth-order valence-electron chi connectivity index (χ4n) is 2.73. The summed E-state index contributed by atoms with van der Waals surface area (Å²) >= 11 is 11.1. The van der Waals surface area contributed by atoms with Gasteiger partial charge in [0.1, 0.15) is 5.75 Å². The monoisotopic (exact) mass is 413 g/mol. The summed E-state index contributed by atoms with van der Waals surface area (Å²) in [5.41, 5.74) is 2.40. The molecule has 0 aliphatic heterocycles. The van der Waals surface area contributed by atoms with Crippen LogP contribution in [-0.2, 0) is 17.8 Å². The number of phenolic OH excluding ortho intramolecular Hbond substituents is 1. The van der Waals surface area contributed by atoms with E-state index in [1.165, 1.54) is 0 Å². The highest BCUT2D eigenvalue weighted by Crippen LogP contribution is 2.35. The van der Waals surface area contributed by atoms with E-state index in [0.29, 0.717) is 12.1 Å². The molecule has 2 N–H and O–H groups in total. The van der Waals surface area contributed by atoms with Gasteiger partial charge >= 0.3 is 5.97 Å². The third kappa shape index (κ3) is 3.11. The van der Waals surface area contributed by atoms with Crippen molar-refractivity contribution in [3.63, 3.8) is 0 Å². The normalized spacial score (nSPS) is 11.3. The standard InChI is InChI=1S/C16H13BrClNO3S/c1-8-10(5-16(21)22)11-4-14(20)12(18)6-13(11)19(8)7-9-2-3-15(17)23-9/h2-4,6,20H,5,7H2,1H3,(H,21,22). The molecule has 2 aromatic heterocycles. The first kappa shape index (κ1) is 16.4. The molecule has 0 aliphatic rings. The van der Waals surface area contributed by atoms with Crippen molar-refractivity contribution in [1.82, 2.24) is 4.57 Å². The zero-order valence-corrected chi connectivity index (χ0v) is 15.3. The van der Waals surface area contributed by atoms with E-state index in [4.69, 9.17) is 11.6 Å². The number of hydrogen-bond donors (Lipinski definition) is 2. The molecule has 7 heteroatoms. The van der Waals surface area contributed by atoms with Crippen LogP contribution in [0.4, 0.5) is 0 Å². The molecule has 0 amide bonds. The van der Waals surface area contributed by atoms with E-state index in [-0.39, 0.29) is 17.2 Å². The van der Waals surface area contributed by atoms with E-state index >= 15 is 0 Å². The van der Waals surface area contributed by atoms with Gasteiger partial charge in [-0.2, -0.15) is 0 Å². The van der Waals surface area contributed by atoms with Crippen LogP contribution in [-0.4, -0.2) is 20.7 Å². The Morgan fingerprint density at radius 1 is 1.39 bits per heavy atom. The number of aromatic hydroxyl groups is 1. The topological polar surface area (TPSA) is 62.5 Å². The van der Waals surface area contributed by atoms with Crippen molar-refractivity contribution in [2.24, 2.45) is 0 Å². The fourth-order valence-corrected chi connectivity index (χ4v) is 4.36. The number of fused-ring (bicyclic) bond motifs is 1. The van der Waals surface area contributed by atoms with E-state index in [1.54, 1.807) is 23.5 Å². The Kier molecular flexibility index (Phi) is 4.40. The predicted molar refractivity (Wildman–Crippen MR) is 95.8 cm³/mol. The second-order valence-corrected chi connectivity index (χ2v) is 8.20. The number of thiophene rings is 1. The van der Waals surface area contributed by atoms with Gasteiger partial charge in [-0.05, 0) is 52.7 Å². The molecule has 2 heterocycles. The lowest BCUT2D eigenvalue weighted by Crippen LogP contribution is -2.04. The molecule has 0 bridgehead atoms. The maximum Gasteiger partial charge on any atom is 0.307 e. The number of halogens is 2. The van der Waals surface area contributed by atoms with Crippen molar-refractivity contribution < 1.29 is 15.0 Å².